The number of hydrogen-bond acceptors (Lipinski definition) is 5. The van der Waals surface area contributed by atoms with E-state index in [0.29, 0.717) is 13.0 Å². The van der Waals surface area contributed by atoms with Crippen molar-refractivity contribution in [1.82, 2.24) is 9.44 Å². The molecular weight excluding hydrogens is 210 g/mol. The highest BCUT2D eigenvalue weighted by atomic mass is 32.2. The first kappa shape index (κ1) is 13.1. The van der Waals surface area contributed by atoms with Crippen LogP contribution in [0.1, 0.15) is 13.3 Å². The Morgan fingerprint density at radius 2 is 2.14 bits per heavy atom. The van der Waals surface area contributed by atoms with E-state index in [1.165, 1.54) is 0 Å². The van der Waals surface area contributed by atoms with Crippen LogP contribution in [0.15, 0.2) is 0 Å². The van der Waals surface area contributed by atoms with Crippen molar-refractivity contribution in [3.63, 3.8) is 0 Å². The summed E-state index contributed by atoms with van der Waals surface area (Å²) >= 11 is 0. The average molecular weight is 225 g/mol. The van der Waals surface area contributed by atoms with E-state index in [2.05, 4.69) is 9.46 Å². The van der Waals surface area contributed by atoms with E-state index in [1.807, 2.05) is 0 Å². The molecule has 1 amide bonds. The van der Waals surface area contributed by atoms with Gasteiger partial charge in [0.2, 0.25) is 0 Å². The zero-order chi connectivity index (χ0) is 11.2. The van der Waals surface area contributed by atoms with Gasteiger partial charge >= 0.3 is 16.3 Å². The SMILES string of the molecule is COC(=O)NS(=O)(=O)NC(C)CCN. The first-order valence-corrected chi connectivity index (χ1v) is 5.47. The predicted octanol–water partition coefficient (Wildman–Crippen LogP) is -1.09. The van der Waals surface area contributed by atoms with Crippen molar-refractivity contribution in [2.24, 2.45) is 5.73 Å². The third-order valence-electron chi connectivity index (χ3n) is 1.36. The molecule has 0 bridgehead atoms. The van der Waals surface area contributed by atoms with E-state index in [4.69, 9.17) is 5.73 Å². The maximum Gasteiger partial charge on any atom is 0.421 e. The fourth-order valence-corrected chi connectivity index (χ4v) is 1.76. The molecule has 0 fully saturated rings. The number of hydrogen-bond donors (Lipinski definition) is 3. The molecule has 0 saturated carbocycles. The van der Waals surface area contributed by atoms with Gasteiger partial charge in [0.15, 0.2) is 0 Å². The van der Waals surface area contributed by atoms with Crippen LogP contribution in [0.25, 0.3) is 0 Å². The molecular formula is C6H15N3O4S. The van der Waals surface area contributed by atoms with Crippen LogP contribution < -0.4 is 15.2 Å². The highest BCUT2D eigenvalue weighted by molar-refractivity contribution is 7.88. The molecule has 1 unspecified atom stereocenters. The minimum Gasteiger partial charge on any atom is -0.452 e. The predicted molar refractivity (Wildman–Crippen MR) is 50.7 cm³/mol. The second kappa shape index (κ2) is 5.78. The van der Waals surface area contributed by atoms with Crippen molar-refractivity contribution in [1.29, 1.82) is 0 Å². The van der Waals surface area contributed by atoms with Gasteiger partial charge in [-0.2, -0.15) is 13.1 Å². The molecule has 4 N–H and O–H groups in total. The summed E-state index contributed by atoms with van der Waals surface area (Å²) in [5, 5.41) is 0. The van der Waals surface area contributed by atoms with Gasteiger partial charge in [-0.1, -0.05) is 0 Å². The lowest BCUT2D eigenvalue weighted by atomic mass is 10.3. The van der Waals surface area contributed by atoms with E-state index in [0.717, 1.165) is 7.11 Å². The summed E-state index contributed by atoms with van der Waals surface area (Å²) < 4.78 is 30.2. The summed E-state index contributed by atoms with van der Waals surface area (Å²) in [6, 6.07) is -0.331. The molecule has 14 heavy (non-hydrogen) atoms. The lowest BCUT2D eigenvalue weighted by molar-refractivity contribution is 0.177. The van der Waals surface area contributed by atoms with Crippen LogP contribution in [0.5, 0.6) is 0 Å². The lowest BCUT2D eigenvalue weighted by Crippen LogP contribution is -2.44. The molecule has 0 aliphatic heterocycles. The minimum atomic E-state index is -3.84. The maximum atomic E-state index is 11.1. The van der Waals surface area contributed by atoms with E-state index >= 15 is 0 Å². The van der Waals surface area contributed by atoms with Gasteiger partial charge in [0, 0.05) is 6.04 Å². The number of nitrogens with two attached hydrogens (primary N) is 1. The second-order valence-electron chi connectivity index (χ2n) is 2.69. The van der Waals surface area contributed by atoms with Crippen LogP contribution in [0.2, 0.25) is 0 Å². The molecule has 8 heteroatoms. The first-order chi connectivity index (χ1) is 6.41. The van der Waals surface area contributed by atoms with Gasteiger partial charge in [-0.05, 0) is 19.9 Å². The zero-order valence-corrected chi connectivity index (χ0v) is 8.93. The highest BCUT2D eigenvalue weighted by Crippen LogP contribution is 1.90. The molecule has 0 radical (unpaired) electrons. The van der Waals surface area contributed by atoms with E-state index in [1.54, 1.807) is 11.6 Å². The topological polar surface area (TPSA) is 111 Å². The van der Waals surface area contributed by atoms with Gasteiger partial charge in [-0.25, -0.2) is 9.52 Å². The third-order valence-corrected chi connectivity index (χ3v) is 2.51. The van der Waals surface area contributed by atoms with Crippen molar-refractivity contribution >= 4 is 16.3 Å². The Morgan fingerprint density at radius 3 is 2.57 bits per heavy atom. The minimum absolute atomic E-state index is 0.331. The third kappa shape index (κ3) is 5.73. The van der Waals surface area contributed by atoms with E-state index in [-0.39, 0.29) is 6.04 Å². The van der Waals surface area contributed by atoms with Gasteiger partial charge in [0.1, 0.15) is 0 Å². The van der Waals surface area contributed by atoms with Crippen LogP contribution in [0.4, 0.5) is 4.79 Å². The van der Waals surface area contributed by atoms with Gasteiger partial charge in [0.25, 0.3) is 0 Å². The highest BCUT2D eigenvalue weighted by Gasteiger charge is 2.16. The molecule has 0 aromatic rings. The summed E-state index contributed by atoms with van der Waals surface area (Å²) in [5.74, 6) is 0. The fraction of sp³-hybridized carbons (Fsp3) is 0.833. The number of methoxy groups -OCH3 is 1. The molecule has 0 aliphatic rings. The van der Waals surface area contributed by atoms with Crippen molar-refractivity contribution in [2.75, 3.05) is 13.7 Å². The van der Waals surface area contributed by atoms with Crippen LogP contribution >= 0.6 is 0 Å². The Labute approximate surface area is 83.2 Å². The molecule has 7 nitrogen and oxygen atoms in total. The smallest absolute Gasteiger partial charge is 0.421 e. The molecule has 0 saturated heterocycles. The molecule has 1 atom stereocenters. The molecule has 0 heterocycles. The van der Waals surface area contributed by atoms with Crippen LogP contribution in [-0.2, 0) is 14.9 Å². The maximum absolute atomic E-state index is 11.1. The van der Waals surface area contributed by atoms with Crippen LogP contribution in [-0.4, -0.2) is 34.2 Å². The number of amides is 1. The first-order valence-electron chi connectivity index (χ1n) is 3.99. The number of rotatable bonds is 5. The number of carbonyl (C=O) groups is 1. The Hall–Kier alpha value is -0.860. The Morgan fingerprint density at radius 1 is 1.57 bits per heavy atom. The van der Waals surface area contributed by atoms with Gasteiger partial charge in [-0.3, -0.25) is 0 Å². The normalized spacial score (nSPS) is 13.4. The molecule has 0 aromatic carbocycles. The van der Waals surface area contributed by atoms with Gasteiger partial charge in [-0.15, -0.1) is 0 Å². The lowest BCUT2D eigenvalue weighted by Gasteiger charge is -2.12. The Kier molecular flexibility index (Phi) is 5.43. The zero-order valence-electron chi connectivity index (χ0n) is 8.11. The Bertz CT molecular complexity index is 277. The van der Waals surface area contributed by atoms with Crippen molar-refractivity contribution in [2.45, 2.75) is 19.4 Å². The van der Waals surface area contributed by atoms with Gasteiger partial charge < -0.3 is 10.5 Å². The summed E-state index contributed by atoms with van der Waals surface area (Å²) in [5.41, 5.74) is 5.23. The standard InChI is InChI=1S/C6H15N3O4S/c1-5(3-4-7)8-14(11,12)9-6(10)13-2/h5,8H,3-4,7H2,1-2H3,(H,9,10). The summed E-state index contributed by atoms with van der Waals surface area (Å²) in [6.45, 7) is 2.01. The molecule has 0 spiro atoms. The number of ether oxygens (including phenoxy) is 1. The second-order valence-corrected chi connectivity index (χ2v) is 4.14. The summed E-state index contributed by atoms with van der Waals surface area (Å²) in [7, 11) is -2.77. The van der Waals surface area contributed by atoms with Crippen LogP contribution in [0.3, 0.4) is 0 Å². The monoisotopic (exact) mass is 225 g/mol. The molecule has 0 aromatic heterocycles. The average Bonchev–Trinajstić information content (AvgIpc) is 2.02. The Balaban J connectivity index is 4.14. The van der Waals surface area contributed by atoms with Crippen molar-refractivity contribution < 1.29 is 17.9 Å². The van der Waals surface area contributed by atoms with Gasteiger partial charge in [0.05, 0.1) is 7.11 Å². The van der Waals surface area contributed by atoms with Crippen molar-refractivity contribution in [3.05, 3.63) is 0 Å². The largest absolute Gasteiger partial charge is 0.452 e. The summed E-state index contributed by atoms with van der Waals surface area (Å²) in [4.78, 5) is 10.6. The van der Waals surface area contributed by atoms with Crippen molar-refractivity contribution in [3.8, 4) is 0 Å². The van der Waals surface area contributed by atoms with E-state index < -0.39 is 16.3 Å². The van der Waals surface area contributed by atoms with Crippen LogP contribution in [0, 0.1) is 0 Å². The quantitative estimate of drug-likeness (QED) is 0.551. The van der Waals surface area contributed by atoms with E-state index in [9.17, 15) is 13.2 Å². The number of carbonyl (C=O) groups excluding carboxylic acids is 1. The summed E-state index contributed by atoms with van der Waals surface area (Å²) in [6.07, 6.45) is -0.542. The molecule has 0 aliphatic carbocycles. The molecule has 84 valence electrons. The number of nitrogens with one attached hydrogen (secondary N) is 2. The fourth-order valence-electron chi connectivity index (χ4n) is 0.755. The molecule has 0 rings (SSSR count).